The van der Waals surface area contributed by atoms with Crippen molar-refractivity contribution in [3.05, 3.63) is 76.8 Å². The third-order valence-corrected chi connectivity index (χ3v) is 6.36. The van der Waals surface area contributed by atoms with Crippen LogP contribution in [-0.4, -0.2) is 34.6 Å². The number of para-hydroxylation sites is 1. The quantitative estimate of drug-likeness (QED) is 0.694. The Morgan fingerprint density at radius 2 is 1.64 bits per heavy atom. The van der Waals surface area contributed by atoms with E-state index in [0.717, 1.165) is 10.0 Å². The summed E-state index contributed by atoms with van der Waals surface area (Å²) in [7, 11) is 0. The van der Waals surface area contributed by atoms with Gasteiger partial charge in [-0.2, -0.15) is 0 Å². The van der Waals surface area contributed by atoms with Gasteiger partial charge in [-0.1, -0.05) is 52.3 Å². The third kappa shape index (κ3) is 2.52. The molecule has 0 aliphatic carbocycles. The van der Waals surface area contributed by atoms with Crippen molar-refractivity contribution in [2.45, 2.75) is 18.6 Å². The van der Waals surface area contributed by atoms with Gasteiger partial charge in [-0.3, -0.25) is 19.3 Å². The SMILES string of the molecule is O=C1C=CC2[C@@H]3C(=O)N(c4ccccc4)C(=O)C3C1N2Cc1cccc(Br)c1. The highest BCUT2D eigenvalue weighted by Gasteiger charge is 2.64. The summed E-state index contributed by atoms with van der Waals surface area (Å²) in [5.41, 5.74) is 1.60. The van der Waals surface area contributed by atoms with Crippen molar-refractivity contribution < 1.29 is 14.4 Å². The number of imide groups is 1. The Labute approximate surface area is 170 Å². The van der Waals surface area contributed by atoms with Gasteiger partial charge in [0.15, 0.2) is 5.78 Å². The Morgan fingerprint density at radius 1 is 0.893 bits per heavy atom. The van der Waals surface area contributed by atoms with Gasteiger partial charge in [0.05, 0.1) is 23.6 Å². The van der Waals surface area contributed by atoms with Gasteiger partial charge in [0, 0.05) is 17.1 Å². The van der Waals surface area contributed by atoms with Crippen LogP contribution in [-0.2, 0) is 20.9 Å². The molecule has 5 rings (SSSR count). The largest absolute Gasteiger partial charge is 0.293 e. The van der Waals surface area contributed by atoms with Crippen LogP contribution < -0.4 is 4.90 Å². The monoisotopic (exact) mass is 436 g/mol. The summed E-state index contributed by atoms with van der Waals surface area (Å²) >= 11 is 3.47. The Hall–Kier alpha value is -2.57. The van der Waals surface area contributed by atoms with E-state index in [1.807, 2.05) is 35.2 Å². The van der Waals surface area contributed by atoms with Crippen LogP contribution in [0.3, 0.4) is 0 Å². The molecule has 2 bridgehead atoms. The third-order valence-electron chi connectivity index (χ3n) is 5.86. The molecule has 3 heterocycles. The number of amides is 2. The number of halogens is 1. The van der Waals surface area contributed by atoms with Crippen LogP contribution in [0.5, 0.6) is 0 Å². The molecule has 28 heavy (non-hydrogen) atoms. The predicted molar refractivity (Wildman–Crippen MR) is 107 cm³/mol. The molecule has 5 nitrogen and oxygen atoms in total. The van der Waals surface area contributed by atoms with E-state index in [0.29, 0.717) is 12.2 Å². The van der Waals surface area contributed by atoms with E-state index < -0.39 is 17.9 Å². The summed E-state index contributed by atoms with van der Waals surface area (Å²) in [6.45, 7) is 0.518. The minimum Gasteiger partial charge on any atom is -0.293 e. The summed E-state index contributed by atoms with van der Waals surface area (Å²) in [6.07, 6.45) is 3.33. The van der Waals surface area contributed by atoms with Crippen LogP contribution in [0.25, 0.3) is 0 Å². The first kappa shape index (κ1) is 17.5. The molecule has 3 aliphatic heterocycles. The molecule has 2 aromatic rings. The number of fused-ring (bicyclic) bond motifs is 5. The number of hydrogen-bond donors (Lipinski definition) is 0. The minimum absolute atomic E-state index is 0.102. The molecular weight excluding hydrogens is 420 g/mol. The van der Waals surface area contributed by atoms with Crippen molar-refractivity contribution in [2.75, 3.05) is 4.90 Å². The van der Waals surface area contributed by atoms with E-state index >= 15 is 0 Å². The van der Waals surface area contributed by atoms with E-state index in [1.54, 1.807) is 36.4 Å². The highest BCUT2D eigenvalue weighted by atomic mass is 79.9. The highest BCUT2D eigenvalue weighted by molar-refractivity contribution is 9.10. The number of ketones is 1. The molecule has 0 aromatic heterocycles. The van der Waals surface area contributed by atoms with Crippen LogP contribution in [0.4, 0.5) is 5.69 Å². The first-order valence-electron chi connectivity index (χ1n) is 9.21. The lowest BCUT2D eigenvalue weighted by Gasteiger charge is -2.33. The van der Waals surface area contributed by atoms with Gasteiger partial charge in [-0.15, -0.1) is 0 Å². The predicted octanol–water partition coefficient (Wildman–Crippen LogP) is 2.95. The summed E-state index contributed by atoms with van der Waals surface area (Å²) in [4.78, 5) is 42.5. The number of carbonyl (C=O) groups is 3. The zero-order valence-corrected chi connectivity index (χ0v) is 16.5. The van der Waals surface area contributed by atoms with Crippen LogP contribution >= 0.6 is 15.9 Å². The van der Waals surface area contributed by atoms with Crippen molar-refractivity contribution in [3.8, 4) is 0 Å². The van der Waals surface area contributed by atoms with E-state index in [2.05, 4.69) is 15.9 Å². The molecule has 140 valence electrons. The van der Waals surface area contributed by atoms with Crippen LogP contribution in [0.1, 0.15) is 5.56 Å². The second-order valence-corrected chi connectivity index (χ2v) is 8.31. The number of rotatable bonds is 3. The Balaban J connectivity index is 1.52. The lowest BCUT2D eigenvalue weighted by molar-refractivity contribution is -0.129. The van der Waals surface area contributed by atoms with E-state index in [1.165, 1.54) is 4.90 Å². The molecule has 0 radical (unpaired) electrons. The summed E-state index contributed by atoms with van der Waals surface area (Å²) in [5, 5.41) is 0. The van der Waals surface area contributed by atoms with Crippen molar-refractivity contribution in [3.63, 3.8) is 0 Å². The van der Waals surface area contributed by atoms with Gasteiger partial charge in [0.25, 0.3) is 0 Å². The number of carbonyl (C=O) groups excluding carboxylic acids is 3. The van der Waals surface area contributed by atoms with Gasteiger partial charge < -0.3 is 0 Å². The standard InChI is InChI=1S/C22H17BrN2O3/c23-14-6-4-5-13(11-14)12-24-16-9-10-17(26)20(24)19-18(16)21(27)25(22(19)28)15-7-2-1-3-8-15/h1-11,16,18-20H,12H2/t16?,18-,19?,20?/m0/s1. The Morgan fingerprint density at radius 3 is 2.39 bits per heavy atom. The first-order valence-corrected chi connectivity index (χ1v) is 10.0. The maximum Gasteiger partial charge on any atom is 0.239 e. The van der Waals surface area contributed by atoms with E-state index in [-0.39, 0.29) is 23.6 Å². The fraction of sp³-hybridized carbons (Fsp3) is 0.227. The van der Waals surface area contributed by atoms with Gasteiger partial charge >= 0.3 is 0 Å². The van der Waals surface area contributed by atoms with Crippen molar-refractivity contribution in [2.24, 2.45) is 11.8 Å². The van der Waals surface area contributed by atoms with Crippen molar-refractivity contribution in [1.82, 2.24) is 4.90 Å². The highest BCUT2D eigenvalue weighted by Crippen LogP contribution is 2.47. The lowest BCUT2D eigenvalue weighted by atomic mass is 9.90. The van der Waals surface area contributed by atoms with E-state index in [4.69, 9.17) is 0 Å². The van der Waals surface area contributed by atoms with Gasteiger partial charge in [-0.25, -0.2) is 4.90 Å². The molecule has 3 aliphatic rings. The second-order valence-electron chi connectivity index (χ2n) is 7.40. The Kier molecular flexibility index (Phi) is 4.07. The first-order chi connectivity index (χ1) is 13.6. The van der Waals surface area contributed by atoms with Crippen LogP contribution in [0.2, 0.25) is 0 Å². The summed E-state index contributed by atoms with van der Waals surface area (Å²) in [5.74, 6) is -1.74. The molecule has 4 atom stereocenters. The number of benzene rings is 2. The normalized spacial score (nSPS) is 28.9. The van der Waals surface area contributed by atoms with Gasteiger partial charge in [0.2, 0.25) is 11.8 Å². The van der Waals surface area contributed by atoms with Gasteiger partial charge in [-0.05, 0) is 35.9 Å². The average molecular weight is 437 g/mol. The molecule has 2 fully saturated rings. The number of hydrogen-bond acceptors (Lipinski definition) is 4. The smallest absolute Gasteiger partial charge is 0.239 e. The molecule has 2 aromatic carbocycles. The van der Waals surface area contributed by atoms with Crippen LogP contribution in [0.15, 0.2) is 71.2 Å². The van der Waals surface area contributed by atoms with Crippen molar-refractivity contribution >= 4 is 39.2 Å². The zero-order valence-electron chi connectivity index (χ0n) is 14.9. The molecule has 0 N–H and O–H groups in total. The second kappa shape index (κ2) is 6.50. The molecule has 2 saturated heterocycles. The number of anilines is 1. The van der Waals surface area contributed by atoms with E-state index in [9.17, 15) is 14.4 Å². The fourth-order valence-electron chi connectivity index (χ4n) is 4.75. The summed E-state index contributed by atoms with van der Waals surface area (Å²) in [6, 6.07) is 16.0. The average Bonchev–Trinajstić information content (AvgIpc) is 3.06. The fourth-order valence-corrected chi connectivity index (χ4v) is 5.19. The summed E-state index contributed by atoms with van der Waals surface area (Å²) < 4.78 is 0.957. The molecular formula is C22H17BrN2O3. The number of nitrogens with zero attached hydrogens (tertiary/aromatic N) is 2. The topological polar surface area (TPSA) is 57.7 Å². The molecule has 2 amide bonds. The van der Waals surface area contributed by atoms with Crippen molar-refractivity contribution in [1.29, 1.82) is 0 Å². The van der Waals surface area contributed by atoms with Crippen LogP contribution in [0, 0.1) is 11.8 Å². The molecule has 6 heteroatoms. The molecule has 3 unspecified atom stereocenters. The zero-order chi connectivity index (χ0) is 19.4. The maximum atomic E-state index is 13.2. The molecule has 0 saturated carbocycles. The maximum absolute atomic E-state index is 13.2. The lowest BCUT2D eigenvalue weighted by Crippen LogP contribution is -2.48. The van der Waals surface area contributed by atoms with Gasteiger partial charge in [0.1, 0.15) is 0 Å². The Bertz CT molecular complexity index is 1020. The molecule has 0 spiro atoms. The minimum atomic E-state index is -0.632.